The lowest BCUT2D eigenvalue weighted by Gasteiger charge is -2.13. The van der Waals surface area contributed by atoms with E-state index >= 15 is 0 Å². The molecule has 0 fully saturated rings. The number of aromatic nitrogens is 1. The van der Waals surface area contributed by atoms with Crippen molar-refractivity contribution >= 4 is 23.2 Å². The average molecular weight is 337 g/mol. The van der Waals surface area contributed by atoms with Gasteiger partial charge in [-0.2, -0.15) is 0 Å². The number of carbonyl (C=O) groups is 1. The Hall–Kier alpha value is -1.89. The lowest BCUT2D eigenvalue weighted by atomic mass is 10.3. The minimum absolute atomic E-state index is 0.0334. The molecule has 1 heterocycles. The van der Waals surface area contributed by atoms with E-state index in [-0.39, 0.29) is 12.5 Å². The molecule has 1 rings (SSSR count). The molecule has 1 aromatic rings. The zero-order valence-electron chi connectivity index (χ0n) is 14.5. The predicted molar refractivity (Wildman–Crippen MR) is 97.0 cm³/mol. The Balaban J connectivity index is 2.52. The summed E-state index contributed by atoms with van der Waals surface area (Å²) in [6, 6.07) is 0. The highest BCUT2D eigenvalue weighted by molar-refractivity contribution is 7.11. The molecule has 2 N–H and O–H groups in total. The summed E-state index contributed by atoms with van der Waals surface area (Å²) in [5.41, 5.74) is 1.01. The second kappa shape index (κ2) is 9.99. The van der Waals surface area contributed by atoms with Crippen molar-refractivity contribution in [2.24, 2.45) is 4.99 Å². The van der Waals surface area contributed by atoms with Gasteiger partial charge in [0.25, 0.3) is 0 Å². The number of amides is 1. The molecule has 0 bridgehead atoms. The highest BCUT2D eigenvalue weighted by atomic mass is 32.1. The van der Waals surface area contributed by atoms with Gasteiger partial charge in [-0.05, 0) is 13.3 Å². The van der Waals surface area contributed by atoms with E-state index in [1.165, 1.54) is 9.78 Å². The van der Waals surface area contributed by atoms with E-state index in [4.69, 9.17) is 0 Å². The van der Waals surface area contributed by atoms with E-state index in [0.717, 1.165) is 30.0 Å². The van der Waals surface area contributed by atoms with Crippen LogP contribution in [-0.2, 0) is 17.6 Å². The number of aliphatic imine (C=N–C) groups is 1. The SMILES string of the molecule is C=C(C)CNC(=NCC(=O)N(C)C)NCCc1ncc(CC)s1. The summed E-state index contributed by atoms with van der Waals surface area (Å²) in [4.78, 5) is 23.2. The van der Waals surface area contributed by atoms with Gasteiger partial charge in [0.1, 0.15) is 6.54 Å². The Morgan fingerprint density at radius 1 is 1.43 bits per heavy atom. The number of guanidine groups is 1. The molecule has 0 radical (unpaired) electrons. The van der Waals surface area contributed by atoms with Gasteiger partial charge in [0.2, 0.25) is 5.91 Å². The van der Waals surface area contributed by atoms with Crippen molar-refractivity contribution in [3.8, 4) is 0 Å². The Labute approximate surface area is 142 Å². The van der Waals surface area contributed by atoms with Gasteiger partial charge in [0.05, 0.1) is 5.01 Å². The van der Waals surface area contributed by atoms with Crippen LogP contribution < -0.4 is 10.6 Å². The van der Waals surface area contributed by atoms with Crippen LogP contribution in [0.4, 0.5) is 0 Å². The lowest BCUT2D eigenvalue weighted by molar-refractivity contribution is -0.127. The van der Waals surface area contributed by atoms with Crippen LogP contribution in [0.15, 0.2) is 23.3 Å². The Bertz CT molecular complexity index is 550. The van der Waals surface area contributed by atoms with Crippen molar-refractivity contribution in [2.45, 2.75) is 26.7 Å². The van der Waals surface area contributed by atoms with E-state index in [1.807, 2.05) is 13.1 Å². The first kappa shape index (κ1) is 19.2. The normalized spacial score (nSPS) is 11.2. The summed E-state index contributed by atoms with van der Waals surface area (Å²) in [6.07, 6.45) is 3.79. The van der Waals surface area contributed by atoms with Gasteiger partial charge < -0.3 is 15.5 Å². The molecule has 0 atom stereocenters. The third-order valence-electron chi connectivity index (χ3n) is 3.01. The first-order chi connectivity index (χ1) is 10.9. The Kier molecular flexibility index (Phi) is 8.32. The van der Waals surface area contributed by atoms with Crippen molar-refractivity contribution in [3.63, 3.8) is 0 Å². The van der Waals surface area contributed by atoms with Gasteiger partial charge in [-0.15, -0.1) is 11.3 Å². The number of hydrogen-bond acceptors (Lipinski definition) is 4. The number of likely N-dealkylation sites (N-methyl/N-ethyl adjacent to an activating group) is 1. The predicted octanol–water partition coefficient (Wildman–Crippen LogP) is 1.45. The van der Waals surface area contributed by atoms with Crippen LogP contribution in [0.5, 0.6) is 0 Å². The molecule has 0 aliphatic rings. The van der Waals surface area contributed by atoms with Crippen LogP contribution in [-0.4, -0.2) is 55.5 Å². The van der Waals surface area contributed by atoms with Crippen molar-refractivity contribution < 1.29 is 4.79 Å². The van der Waals surface area contributed by atoms with E-state index in [0.29, 0.717) is 12.5 Å². The number of nitrogens with one attached hydrogen (secondary N) is 2. The summed E-state index contributed by atoms with van der Waals surface area (Å²) < 4.78 is 0. The maximum absolute atomic E-state index is 11.7. The van der Waals surface area contributed by atoms with Crippen molar-refractivity contribution in [3.05, 3.63) is 28.2 Å². The highest BCUT2D eigenvalue weighted by Crippen LogP contribution is 2.13. The van der Waals surface area contributed by atoms with Crippen LogP contribution in [0.2, 0.25) is 0 Å². The molecule has 1 aromatic heterocycles. The van der Waals surface area contributed by atoms with Crippen LogP contribution in [0.3, 0.4) is 0 Å². The monoisotopic (exact) mass is 337 g/mol. The van der Waals surface area contributed by atoms with Crippen molar-refractivity contribution in [1.82, 2.24) is 20.5 Å². The van der Waals surface area contributed by atoms with E-state index in [1.54, 1.807) is 25.4 Å². The largest absolute Gasteiger partial charge is 0.356 e. The maximum Gasteiger partial charge on any atom is 0.243 e. The third kappa shape index (κ3) is 7.78. The van der Waals surface area contributed by atoms with Crippen LogP contribution in [0.25, 0.3) is 0 Å². The van der Waals surface area contributed by atoms with E-state index < -0.39 is 0 Å². The van der Waals surface area contributed by atoms with Crippen molar-refractivity contribution in [2.75, 3.05) is 33.7 Å². The Morgan fingerprint density at radius 3 is 2.74 bits per heavy atom. The van der Waals surface area contributed by atoms with Gasteiger partial charge in [-0.25, -0.2) is 9.98 Å². The quantitative estimate of drug-likeness (QED) is 0.428. The highest BCUT2D eigenvalue weighted by Gasteiger charge is 2.05. The second-order valence-electron chi connectivity index (χ2n) is 5.51. The molecule has 0 saturated heterocycles. The van der Waals surface area contributed by atoms with E-state index in [9.17, 15) is 4.79 Å². The number of hydrogen-bond donors (Lipinski definition) is 2. The zero-order valence-corrected chi connectivity index (χ0v) is 15.3. The first-order valence-electron chi connectivity index (χ1n) is 7.72. The number of aryl methyl sites for hydroxylation is 1. The van der Waals surface area contributed by atoms with E-state index in [2.05, 4.69) is 34.1 Å². The fourth-order valence-electron chi connectivity index (χ4n) is 1.61. The first-order valence-corrected chi connectivity index (χ1v) is 8.54. The van der Waals surface area contributed by atoms with Gasteiger partial charge >= 0.3 is 0 Å². The number of thiazole rings is 1. The number of nitrogens with zero attached hydrogens (tertiary/aromatic N) is 3. The van der Waals surface area contributed by atoms with Crippen LogP contribution >= 0.6 is 11.3 Å². The number of carbonyl (C=O) groups excluding carboxylic acids is 1. The summed E-state index contributed by atoms with van der Waals surface area (Å²) in [6.45, 7) is 9.39. The minimum atomic E-state index is -0.0334. The maximum atomic E-state index is 11.7. The topological polar surface area (TPSA) is 69.6 Å². The van der Waals surface area contributed by atoms with Crippen LogP contribution in [0, 0.1) is 0 Å². The standard InChI is InChI=1S/C16H27N5OS/c1-6-13-10-18-14(23-13)7-8-17-16(19-9-12(2)3)20-11-15(22)21(4)5/h10H,2,6-9,11H2,1,3-5H3,(H2,17,19,20). The molecule has 23 heavy (non-hydrogen) atoms. The molecule has 0 spiro atoms. The summed E-state index contributed by atoms with van der Waals surface area (Å²) in [5.74, 6) is 0.587. The molecule has 0 aliphatic heterocycles. The summed E-state index contributed by atoms with van der Waals surface area (Å²) >= 11 is 1.74. The molecular formula is C16H27N5OS. The molecule has 1 amide bonds. The van der Waals surface area contributed by atoms with Gasteiger partial charge in [-0.3, -0.25) is 4.79 Å². The lowest BCUT2D eigenvalue weighted by Crippen LogP contribution is -2.40. The van der Waals surface area contributed by atoms with Crippen molar-refractivity contribution in [1.29, 1.82) is 0 Å². The molecule has 0 aromatic carbocycles. The fraction of sp³-hybridized carbons (Fsp3) is 0.562. The van der Waals surface area contributed by atoms with Crippen LogP contribution in [0.1, 0.15) is 23.7 Å². The third-order valence-corrected chi connectivity index (χ3v) is 4.21. The van der Waals surface area contributed by atoms with Gasteiger partial charge in [0, 0.05) is 44.7 Å². The second-order valence-corrected chi connectivity index (χ2v) is 6.71. The van der Waals surface area contributed by atoms with Gasteiger partial charge in [0.15, 0.2) is 5.96 Å². The molecule has 6 nitrogen and oxygen atoms in total. The number of rotatable bonds is 8. The molecule has 0 aliphatic carbocycles. The average Bonchev–Trinajstić information content (AvgIpc) is 2.96. The minimum Gasteiger partial charge on any atom is -0.356 e. The molecule has 128 valence electrons. The van der Waals surface area contributed by atoms with Gasteiger partial charge in [-0.1, -0.05) is 19.1 Å². The molecule has 0 saturated carbocycles. The molecule has 0 unspecified atom stereocenters. The summed E-state index contributed by atoms with van der Waals surface area (Å²) in [5, 5.41) is 7.52. The molecular weight excluding hydrogens is 310 g/mol. The molecule has 7 heteroatoms. The smallest absolute Gasteiger partial charge is 0.243 e. The zero-order chi connectivity index (χ0) is 17.2. The fourth-order valence-corrected chi connectivity index (χ4v) is 2.47. The Morgan fingerprint density at radius 2 is 2.17 bits per heavy atom. The summed E-state index contributed by atoms with van der Waals surface area (Å²) in [7, 11) is 3.44.